The minimum atomic E-state index is -1.33. The van der Waals surface area contributed by atoms with Gasteiger partial charge in [0.2, 0.25) is 29.5 Å². The van der Waals surface area contributed by atoms with E-state index < -0.39 is 66.0 Å². The summed E-state index contributed by atoms with van der Waals surface area (Å²) in [5.41, 5.74) is 1.41. The van der Waals surface area contributed by atoms with Gasteiger partial charge >= 0.3 is 12.1 Å². The van der Waals surface area contributed by atoms with Crippen LogP contribution in [0, 0.1) is 0 Å². The van der Waals surface area contributed by atoms with Crippen LogP contribution in [0.25, 0.3) is 11.1 Å². The molecule has 0 spiro atoms. The van der Waals surface area contributed by atoms with Gasteiger partial charge < -0.3 is 50.4 Å². The summed E-state index contributed by atoms with van der Waals surface area (Å²) < 4.78 is 21.7. The van der Waals surface area contributed by atoms with Crippen molar-refractivity contribution < 1.29 is 52.5 Å². The fourth-order valence-electron chi connectivity index (χ4n) is 7.00. The van der Waals surface area contributed by atoms with Gasteiger partial charge in [0.05, 0.1) is 27.9 Å². The van der Waals surface area contributed by atoms with E-state index in [0.717, 1.165) is 32.1 Å². The van der Waals surface area contributed by atoms with Crippen molar-refractivity contribution >= 4 is 41.6 Å². The lowest BCUT2D eigenvalue weighted by molar-refractivity contribution is -0.145. The Morgan fingerprint density at radius 1 is 0.823 bits per heavy atom. The maximum absolute atomic E-state index is 14.6. The molecule has 2 aromatic carbocycles. The van der Waals surface area contributed by atoms with Crippen LogP contribution in [0.3, 0.4) is 0 Å². The van der Waals surface area contributed by atoms with Crippen molar-refractivity contribution in [3.63, 3.8) is 0 Å². The Balaban J connectivity index is 1.96. The van der Waals surface area contributed by atoms with Crippen molar-refractivity contribution in [1.82, 2.24) is 31.5 Å². The minimum Gasteiger partial charge on any atom is -0.496 e. The molecule has 1 aliphatic heterocycles. The predicted molar refractivity (Wildman–Crippen MR) is 232 cm³/mol. The summed E-state index contributed by atoms with van der Waals surface area (Å²) >= 11 is 0. The van der Waals surface area contributed by atoms with Crippen LogP contribution < -0.4 is 36.1 Å². The summed E-state index contributed by atoms with van der Waals surface area (Å²) in [7, 11) is 5.63. The zero-order valence-corrected chi connectivity index (χ0v) is 37.5. The van der Waals surface area contributed by atoms with Crippen LogP contribution in [-0.2, 0) is 44.7 Å². The number of nitrogens with zero attached hydrogens (tertiary/aromatic N) is 1. The molecule has 17 heteroatoms. The van der Waals surface area contributed by atoms with Gasteiger partial charge in [0.15, 0.2) is 0 Å². The highest BCUT2D eigenvalue weighted by molar-refractivity contribution is 5.95. The van der Waals surface area contributed by atoms with Gasteiger partial charge in [0.25, 0.3) is 0 Å². The molecule has 0 saturated heterocycles. The highest BCUT2D eigenvalue weighted by Crippen LogP contribution is 2.39. The molecule has 0 fully saturated rings. The molecular formula is C45H66N6O11. The number of nitrogens with one attached hydrogen (secondary N) is 5. The number of unbranched alkanes of at least 4 members (excludes halogenated alkanes) is 5. The molecule has 0 saturated carbocycles. The molecule has 3 unspecified atom stereocenters. The van der Waals surface area contributed by atoms with Crippen LogP contribution in [-0.4, -0.2) is 112 Å². The van der Waals surface area contributed by atoms with Crippen molar-refractivity contribution in [2.24, 2.45) is 0 Å². The average Bonchev–Trinajstić information content (AvgIpc) is 3.23. The van der Waals surface area contributed by atoms with Crippen molar-refractivity contribution in [1.29, 1.82) is 0 Å². The molecule has 0 aromatic heterocycles. The molecule has 3 atom stereocenters. The van der Waals surface area contributed by atoms with Gasteiger partial charge in [-0.2, -0.15) is 0 Å². The highest BCUT2D eigenvalue weighted by Gasteiger charge is 2.35. The number of hydrogen-bond acceptors (Lipinski definition) is 11. The van der Waals surface area contributed by atoms with Gasteiger partial charge in [-0.3, -0.25) is 24.0 Å². The molecule has 3 rings (SSSR count). The second kappa shape index (κ2) is 25.2. The van der Waals surface area contributed by atoms with Gasteiger partial charge in [0, 0.05) is 50.5 Å². The van der Waals surface area contributed by atoms with E-state index in [1.54, 1.807) is 57.2 Å². The number of rotatable bonds is 20. The van der Waals surface area contributed by atoms with Crippen LogP contribution >= 0.6 is 0 Å². The van der Waals surface area contributed by atoms with Gasteiger partial charge in [-0.15, -0.1) is 0 Å². The smallest absolute Gasteiger partial charge is 0.407 e. The maximum atomic E-state index is 14.6. The van der Waals surface area contributed by atoms with Crippen molar-refractivity contribution in [2.45, 2.75) is 122 Å². The van der Waals surface area contributed by atoms with Gasteiger partial charge in [0.1, 0.15) is 35.2 Å². The number of hydrogen-bond donors (Lipinski definition) is 5. The summed E-state index contributed by atoms with van der Waals surface area (Å²) in [5.74, 6) is -2.45. The van der Waals surface area contributed by atoms with E-state index in [9.17, 15) is 33.6 Å². The van der Waals surface area contributed by atoms with Crippen LogP contribution in [0.4, 0.5) is 4.79 Å². The lowest BCUT2D eigenvalue weighted by atomic mass is 9.93. The first-order valence-electron chi connectivity index (χ1n) is 21.3. The zero-order chi connectivity index (χ0) is 45.8. The molecule has 2 aromatic rings. The number of amides is 6. The second-order valence-corrected chi connectivity index (χ2v) is 16.2. The molecule has 4 bridgehead atoms. The number of fused-ring (bicyclic) bond motifs is 5. The summed E-state index contributed by atoms with van der Waals surface area (Å²) in [6.45, 7) is 7.16. The van der Waals surface area contributed by atoms with Crippen LogP contribution in [0.5, 0.6) is 11.5 Å². The van der Waals surface area contributed by atoms with Crippen LogP contribution in [0.2, 0.25) is 0 Å². The average molecular weight is 867 g/mol. The van der Waals surface area contributed by atoms with Crippen molar-refractivity contribution in [2.75, 3.05) is 48.0 Å². The Morgan fingerprint density at radius 2 is 1.50 bits per heavy atom. The number of likely N-dealkylation sites (N-methyl/N-ethyl adjacent to an activating group) is 1. The number of carbonyl (C=O) groups is 7. The number of carbonyl (C=O) groups excluding carboxylic acids is 7. The minimum absolute atomic E-state index is 0.0689. The fraction of sp³-hybridized carbons (Fsp3) is 0.578. The molecule has 0 radical (unpaired) electrons. The Labute approximate surface area is 365 Å². The largest absolute Gasteiger partial charge is 0.496 e. The molecule has 0 aliphatic carbocycles. The van der Waals surface area contributed by atoms with Crippen LogP contribution in [0.1, 0.15) is 109 Å². The number of ether oxygens (including phenoxy) is 4. The molecule has 17 nitrogen and oxygen atoms in total. The molecule has 6 amide bonds. The lowest BCUT2D eigenvalue weighted by Crippen LogP contribution is -2.52. The van der Waals surface area contributed by atoms with Crippen molar-refractivity contribution in [3.05, 3.63) is 47.5 Å². The van der Waals surface area contributed by atoms with E-state index in [0.29, 0.717) is 53.0 Å². The summed E-state index contributed by atoms with van der Waals surface area (Å²) in [4.78, 5) is 94.0. The number of alkyl carbamates (subject to hydrolysis) is 1. The Kier molecular flexibility index (Phi) is 20.5. The van der Waals surface area contributed by atoms with Crippen molar-refractivity contribution in [3.8, 4) is 22.6 Å². The van der Waals surface area contributed by atoms with E-state index in [1.165, 1.54) is 33.3 Å². The Morgan fingerprint density at radius 3 is 2.16 bits per heavy atom. The van der Waals surface area contributed by atoms with E-state index in [1.807, 2.05) is 0 Å². The Hall–Kier alpha value is -5.87. The van der Waals surface area contributed by atoms with Crippen LogP contribution in [0.15, 0.2) is 36.4 Å². The predicted octanol–water partition coefficient (Wildman–Crippen LogP) is 4.25. The van der Waals surface area contributed by atoms with E-state index >= 15 is 0 Å². The maximum Gasteiger partial charge on any atom is 0.407 e. The second-order valence-electron chi connectivity index (χ2n) is 16.2. The third-order valence-electron chi connectivity index (χ3n) is 10.2. The molecule has 62 heavy (non-hydrogen) atoms. The molecular weight excluding hydrogens is 801 g/mol. The number of benzene rings is 2. The number of methoxy groups -OCH3 is 3. The van der Waals surface area contributed by atoms with Gasteiger partial charge in [-0.1, -0.05) is 44.7 Å². The van der Waals surface area contributed by atoms with E-state index in [2.05, 4.69) is 33.5 Å². The zero-order valence-electron chi connectivity index (χ0n) is 37.5. The molecule has 1 heterocycles. The fourth-order valence-corrected chi connectivity index (χ4v) is 7.00. The first kappa shape index (κ1) is 50.5. The third-order valence-corrected chi connectivity index (χ3v) is 10.2. The first-order chi connectivity index (χ1) is 29.5. The monoisotopic (exact) mass is 866 g/mol. The summed E-state index contributed by atoms with van der Waals surface area (Å²) in [6.07, 6.45) is 5.69. The summed E-state index contributed by atoms with van der Waals surface area (Å²) in [5, 5.41) is 13.5. The molecule has 1 aliphatic rings. The topological polar surface area (TPSA) is 220 Å². The van der Waals surface area contributed by atoms with Gasteiger partial charge in [-0.05, 0) is 81.8 Å². The normalized spacial score (nSPS) is 15.7. The first-order valence-corrected chi connectivity index (χ1v) is 21.3. The SMILES string of the molecule is CCCCCCCC(=O)NCCC(=O)NC(CCCCNC(=O)OC(C)(C)C)C(=O)N(C)C1C(=O)NCC(=O)NC(C(=O)OC)Cc2ccc(OC)c(c2)-c2cc1ccc2OC. The third kappa shape index (κ3) is 16.2. The molecule has 5 N–H and O–H groups in total. The van der Waals surface area contributed by atoms with E-state index in [-0.39, 0.29) is 38.3 Å². The highest BCUT2D eigenvalue weighted by atomic mass is 16.6. The van der Waals surface area contributed by atoms with Gasteiger partial charge in [-0.25, -0.2) is 9.59 Å². The quantitative estimate of drug-likeness (QED) is 0.0936. The van der Waals surface area contributed by atoms with E-state index in [4.69, 9.17) is 18.9 Å². The summed E-state index contributed by atoms with van der Waals surface area (Å²) in [6, 6.07) is 6.70. The Bertz CT molecular complexity index is 1860. The molecule has 342 valence electrons. The standard InChI is InChI=1S/C45H66N6O11/c1-9-10-11-12-13-17-37(52)46-24-22-38(53)49-33(16-14-15-23-47-44(58)62-45(2,3)4)42(56)51(5)40-30-19-21-36(60-7)32(27-30)31-25-29(18-20-35(31)59-6)26-34(43(57)61-8)50-39(54)28-48-41(40)55/h18-21,25,27,33-34,40H,9-17,22-24,26,28H2,1-8H3,(H,46,52)(H,47,58)(H,48,55)(H,49,53)(H,50,54). The number of esters is 1. The lowest BCUT2D eigenvalue weighted by Gasteiger charge is -2.32.